The molecule has 0 aliphatic heterocycles. The number of nitrogens with zero attached hydrogens (tertiary/aromatic N) is 1. The minimum absolute atomic E-state index is 0.112. The summed E-state index contributed by atoms with van der Waals surface area (Å²) in [5.41, 5.74) is 0. The highest BCUT2D eigenvalue weighted by Gasteiger charge is 2.29. The molecule has 0 unspecified atom stereocenters. The van der Waals surface area contributed by atoms with Gasteiger partial charge in [0.2, 0.25) is 0 Å². The molecule has 102 valence electrons. The van der Waals surface area contributed by atoms with E-state index in [4.69, 9.17) is 4.18 Å². The second kappa shape index (κ2) is 6.71. The quantitative estimate of drug-likeness (QED) is 0.686. The molecule has 1 fully saturated rings. The lowest BCUT2D eigenvalue weighted by molar-refractivity contribution is 0.0737. The van der Waals surface area contributed by atoms with Gasteiger partial charge in [-0.1, -0.05) is 26.7 Å². The molecule has 0 amide bonds. The van der Waals surface area contributed by atoms with Crippen molar-refractivity contribution in [3.8, 4) is 0 Å². The molecule has 1 saturated carbocycles. The highest BCUT2D eigenvalue weighted by Crippen LogP contribution is 2.28. The highest BCUT2D eigenvalue weighted by molar-refractivity contribution is 7.86. The van der Waals surface area contributed by atoms with Gasteiger partial charge in [-0.05, 0) is 31.8 Å². The van der Waals surface area contributed by atoms with E-state index in [0.717, 1.165) is 45.2 Å². The summed E-state index contributed by atoms with van der Waals surface area (Å²) in [7, 11) is -3.32. The van der Waals surface area contributed by atoms with Crippen molar-refractivity contribution in [1.29, 1.82) is 0 Å². The molecule has 0 bridgehead atoms. The van der Waals surface area contributed by atoms with Gasteiger partial charge in [-0.15, -0.1) is 0 Å². The van der Waals surface area contributed by atoms with Crippen LogP contribution in [0.1, 0.15) is 39.5 Å². The van der Waals surface area contributed by atoms with Gasteiger partial charge in [-0.2, -0.15) is 8.42 Å². The fourth-order valence-electron chi connectivity index (χ4n) is 2.55. The second-order valence-electron chi connectivity index (χ2n) is 4.87. The standard InChI is InChI=1S/C12H25NO3S/c1-4-13(5-2)10-11-8-6-7-9-12(11)16-17(3,14)15/h11-12H,4-10H2,1-3H3/t11-,12+/m0/s1. The van der Waals surface area contributed by atoms with E-state index in [2.05, 4.69) is 18.7 Å². The lowest BCUT2D eigenvalue weighted by Gasteiger charge is -2.34. The normalized spacial score (nSPS) is 26.4. The SMILES string of the molecule is CCN(CC)C[C@@H]1CCCC[C@H]1OS(C)(=O)=O. The van der Waals surface area contributed by atoms with E-state index in [1.54, 1.807) is 0 Å². The van der Waals surface area contributed by atoms with Gasteiger partial charge in [-0.25, -0.2) is 0 Å². The molecule has 4 nitrogen and oxygen atoms in total. The van der Waals surface area contributed by atoms with Crippen molar-refractivity contribution in [3.63, 3.8) is 0 Å². The summed E-state index contributed by atoms with van der Waals surface area (Å²) in [6.07, 6.45) is 5.26. The summed E-state index contributed by atoms with van der Waals surface area (Å²) < 4.78 is 27.7. The average Bonchev–Trinajstić information content (AvgIpc) is 2.26. The van der Waals surface area contributed by atoms with E-state index in [1.807, 2.05) is 0 Å². The third-order valence-corrected chi connectivity index (χ3v) is 4.12. The number of rotatable bonds is 6. The molecule has 5 heteroatoms. The van der Waals surface area contributed by atoms with Crippen molar-refractivity contribution in [2.24, 2.45) is 5.92 Å². The van der Waals surface area contributed by atoms with Crippen LogP contribution >= 0.6 is 0 Å². The predicted molar refractivity (Wildman–Crippen MR) is 69.5 cm³/mol. The third kappa shape index (κ3) is 5.36. The van der Waals surface area contributed by atoms with E-state index in [-0.39, 0.29) is 6.10 Å². The molecule has 0 N–H and O–H groups in total. The van der Waals surface area contributed by atoms with Gasteiger partial charge in [0.15, 0.2) is 0 Å². The van der Waals surface area contributed by atoms with Crippen LogP contribution < -0.4 is 0 Å². The molecule has 1 aliphatic carbocycles. The predicted octanol–water partition coefficient (Wildman–Crippen LogP) is 1.86. The zero-order valence-electron chi connectivity index (χ0n) is 11.2. The molecule has 0 spiro atoms. The molecule has 1 rings (SSSR count). The van der Waals surface area contributed by atoms with Crippen LogP contribution in [0.25, 0.3) is 0 Å². The monoisotopic (exact) mass is 263 g/mol. The first kappa shape index (κ1) is 14.9. The lowest BCUT2D eigenvalue weighted by Crippen LogP contribution is -2.39. The lowest BCUT2D eigenvalue weighted by atomic mass is 9.86. The Morgan fingerprint density at radius 3 is 2.29 bits per heavy atom. The van der Waals surface area contributed by atoms with Gasteiger partial charge in [0, 0.05) is 6.54 Å². The van der Waals surface area contributed by atoms with Crippen LogP contribution in [0.2, 0.25) is 0 Å². The highest BCUT2D eigenvalue weighted by atomic mass is 32.2. The van der Waals surface area contributed by atoms with E-state index < -0.39 is 10.1 Å². The fraction of sp³-hybridized carbons (Fsp3) is 1.00. The average molecular weight is 263 g/mol. The topological polar surface area (TPSA) is 46.6 Å². The van der Waals surface area contributed by atoms with Crippen molar-refractivity contribution in [2.75, 3.05) is 25.9 Å². The van der Waals surface area contributed by atoms with E-state index in [9.17, 15) is 8.42 Å². The summed E-state index contributed by atoms with van der Waals surface area (Å²) in [4.78, 5) is 2.34. The summed E-state index contributed by atoms with van der Waals surface area (Å²) >= 11 is 0. The summed E-state index contributed by atoms with van der Waals surface area (Å²) in [6.45, 7) is 7.25. The first-order valence-corrected chi connectivity index (χ1v) is 8.38. The smallest absolute Gasteiger partial charge is 0.264 e. The molecular weight excluding hydrogens is 238 g/mol. The Balaban J connectivity index is 2.59. The maximum Gasteiger partial charge on any atom is 0.264 e. The first-order valence-electron chi connectivity index (χ1n) is 6.56. The van der Waals surface area contributed by atoms with Gasteiger partial charge >= 0.3 is 0 Å². The largest absolute Gasteiger partial charge is 0.304 e. The first-order chi connectivity index (χ1) is 7.96. The number of hydrogen-bond donors (Lipinski definition) is 0. The van der Waals surface area contributed by atoms with E-state index in [1.165, 1.54) is 6.42 Å². The van der Waals surface area contributed by atoms with Gasteiger partial charge in [0.05, 0.1) is 12.4 Å². The van der Waals surface area contributed by atoms with Crippen molar-refractivity contribution >= 4 is 10.1 Å². The zero-order valence-corrected chi connectivity index (χ0v) is 12.0. The van der Waals surface area contributed by atoms with Crippen LogP contribution in [-0.4, -0.2) is 45.3 Å². The molecule has 0 heterocycles. The minimum Gasteiger partial charge on any atom is -0.304 e. The molecule has 0 aromatic carbocycles. The Labute approximate surface area is 105 Å². The molecular formula is C12H25NO3S. The molecule has 0 aromatic heterocycles. The Morgan fingerprint density at radius 1 is 1.18 bits per heavy atom. The molecule has 0 saturated heterocycles. The zero-order chi connectivity index (χ0) is 12.9. The summed E-state index contributed by atoms with van der Waals surface area (Å²) in [6, 6.07) is 0. The number of hydrogen-bond acceptors (Lipinski definition) is 4. The van der Waals surface area contributed by atoms with E-state index in [0.29, 0.717) is 5.92 Å². The molecule has 1 aliphatic rings. The van der Waals surface area contributed by atoms with Crippen LogP contribution in [0.15, 0.2) is 0 Å². The molecule has 0 radical (unpaired) electrons. The van der Waals surface area contributed by atoms with Gasteiger partial charge < -0.3 is 4.90 Å². The van der Waals surface area contributed by atoms with Gasteiger partial charge in [-0.3, -0.25) is 4.18 Å². The Hall–Kier alpha value is -0.130. The minimum atomic E-state index is -3.32. The third-order valence-electron chi connectivity index (χ3n) is 3.52. The maximum absolute atomic E-state index is 11.2. The van der Waals surface area contributed by atoms with Crippen molar-refractivity contribution in [3.05, 3.63) is 0 Å². The maximum atomic E-state index is 11.2. The van der Waals surface area contributed by atoms with Gasteiger partial charge in [0.1, 0.15) is 0 Å². The van der Waals surface area contributed by atoms with Crippen LogP contribution in [0.4, 0.5) is 0 Å². The second-order valence-corrected chi connectivity index (χ2v) is 6.47. The van der Waals surface area contributed by atoms with Crippen LogP contribution in [0, 0.1) is 5.92 Å². The summed E-state index contributed by atoms with van der Waals surface area (Å²) in [5.74, 6) is 0.360. The fourth-order valence-corrected chi connectivity index (χ4v) is 3.25. The van der Waals surface area contributed by atoms with Crippen molar-refractivity contribution in [2.45, 2.75) is 45.6 Å². The van der Waals surface area contributed by atoms with Crippen molar-refractivity contribution < 1.29 is 12.6 Å². The summed E-state index contributed by atoms with van der Waals surface area (Å²) in [5, 5.41) is 0. The molecule has 0 aromatic rings. The van der Waals surface area contributed by atoms with Crippen LogP contribution in [-0.2, 0) is 14.3 Å². The van der Waals surface area contributed by atoms with Crippen LogP contribution in [0.3, 0.4) is 0 Å². The molecule has 2 atom stereocenters. The van der Waals surface area contributed by atoms with Gasteiger partial charge in [0.25, 0.3) is 10.1 Å². The Kier molecular flexibility index (Phi) is 5.89. The Morgan fingerprint density at radius 2 is 1.76 bits per heavy atom. The van der Waals surface area contributed by atoms with Crippen molar-refractivity contribution in [1.82, 2.24) is 4.90 Å². The van der Waals surface area contributed by atoms with E-state index >= 15 is 0 Å². The Bertz CT molecular complexity index is 312. The van der Waals surface area contributed by atoms with Crippen LogP contribution in [0.5, 0.6) is 0 Å². The molecule has 17 heavy (non-hydrogen) atoms.